The molecule has 5 heteroatoms. The summed E-state index contributed by atoms with van der Waals surface area (Å²) >= 11 is 0. The van der Waals surface area contributed by atoms with Crippen LogP contribution in [0.5, 0.6) is 0 Å². The Morgan fingerprint density at radius 3 is 2.61 bits per heavy atom. The quantitative estimate of drug-likeness (QED) is 0.922. The van der Waals surface area contributed by atoms with Gasteiger partial charge in [-0.2, -0.15) is 4.98 Å². The van der Waals surface area contributed by atoms with Crippen molar-refractivity contribution in [3.63, 3.8) is 0 Å². The van der Waals surface area contributed by atoms with Crippen molar-refractivity contribution in [1.29, 1.82) is 0 Å². The summed E-state index contributed by atoms with van der Waals surface area (Å²) in [6.07, 6.45) is 9.11. The van der Waals surface area contributed by atoms with Crippen molar-refractivity contribution in [2.24, 2.45) is 12.5 Å². The van der Waals surface area contributed by atoms with Crippen LogP contribution in [0.1, 0.15) is 52.4 Å². The highest BCUT2D eigenvalue weighted by Crippen LogP contribution is 2.33. The summed E-state index contributed by atoms with van der Waals surface area (Å²) in [7, 11) is 1.75. The Morgan fingerprint density at radius 2 is 1.91 bits per heavy atom. The number of aromatic nitrogens is 3. The average molecular weight is 314 g/mol. The first-order valence-corrected chi connectivity index (χ1v) is 8.54. The molecule has 0 amide bonds. The molecule has 23 heavy (non-hydrogen) atoms. The fraction of sp³-hybridized carbons (Fsp3) is 0.611. The van der Waals surface area contributed by atoms with Gasteiger partial charge in [0.2, 0.25) is 5.95 Å². The molecule has 0 atom stereocenters. The zero-order chi connectivity index (χ0) is 16.4. The molecular weight excluding hydrogens is 288 g/mol. The highest BCUT2D eigenvalue weighted by atomic mass is 16.1. The first-order valence-electron chi connectivity index (χ1n) is 8.54. The number of nitrogens with one attached hydrogen (secondary N) is 1. The second-order valence-electron chi connectivity index (χ2n) is 7.49. The van der Waals surface area contributed by atoms with E-state index in [1.807, 2.05) is 0 Å². The lowest BCUT2D eigenvalue weighted by atomic mass is 9.79. The van der Waals surface area contributed by atoms with Gasteiger partial charge in [0.05, 0.1) is 0 Å². The van der Waals surface area contributed by atoms with Crippen LogP contribution in [0.2, 0.25) is 0 Å². The van der Waals surface area contributed by atoms with Crippen LogP contribution in [-0.4, -0.2) is 20.6 Å². The summed E-state index contributed by atoms with van der Waals surface area (Å²) in [5.74, 6) is 0.628. The highest BCUT2D eigenvalue weighted by molar-refractivity contribution is 5.74. The van der Waals surface area contributed by atoms with Crippen LogP contribution >= 0.6 is 0 Å². The highest BCUT2D eigenvalue weighted by Gasteiger charge is 2.22. The molecule has 0 aliphatic heterocycles. The zero-order valence-electron chi connectivity index (χ0n) is 14.3. The number of aryl methyl sites for hydroxylation is 1. The molecule has 124 valence electrons. The van der Waals surface area contributed by atoms with E-state index >= 15 is 0 Å². The number of pyridine rings is 1. The Bertz CT molecular complexity index is 738. The van der Waals surface area contributed by atoms with E-state index < -0.39 is 0 Å². The normalized spacial score (nSPS) is 19.3. The third-order valence-electron chi connectivity index (χ3n) is 5.00. The summed E-state index contributed by atoms with van der Waals surface area (Å²) < 4.78 is 1.57. The topological polar surface area (TPSA) is 59.8 Å². The van der Waals surface area contributed by atoms with Crippen LogP contribution in [0, 0.1) is 5.41 Å². The van der Waals surface area contributed by atoms with Gasteiger partial charge >= 0.3 is 0 Å². The van der Waals surface area contributed by atoms with Crippen molar-refractivity contribution in [3.05, 3.63) is 28.7 Å². The van der Waals surface area contributed by atoms with Gasteiger partial charge in [-0.15, -0.1) is 0 Å². The molecule has 3 rings (SSSR count). The SMILES string of the molecule is Cn1c(=O)ccc2cnc(NC3CCCC(C)(C)CCC3)nc21. The fourth-order valence-electron chi connectivity index (χ4n) is 3.47. The lowest BCUT2D eigenvalue weighted by Gasteiger charge is -2.30. The Hall–Kier alpha value is -1.91. The summed E-state index contributed by atoms with van der Waals surface area (Å²) in [5, 5.41) is 4.36. The van der Waals surface area contributed by atoms with E-state index in [0.717, 1.165) is 18.2 Å². The summed E-state index contributed by atoms with van der Waals surface area (Å²) in [6.45, 7) is 4.74. The molecule has 2 aromatic heterocycles. The molecule has 5 nitrogen and oxygen atoms in total. The maximum absolute atomic E-state index is 11.8. The first-order chi connectivity index (χ1) is 10.9. The molecule has 1 fully saturated rings. The van der Waals surface area contributed by atoms with Gasteiger partial charge in [-0.3, -0.25) is 9.36 Å². The van der Waals surface area contributed by atoms with E-state index in [-0.39, 0.29) is 5.56 Å². The first kappa shape index (κ1) is 16.0. The Labute approximate surface area is 137 Å². The molecular formula is C18H26N4O. The van der Waals surface area contributed by atoms with Gasteiger partial charge in [-0.05, 0) is 37.2 Å². The van der Waals surface area contributed by atoms with Gasteiger partial charge in [0.15, 0.2) is 0 Å². The van der Waals surface area contributed by atoms with Gasteiger partial charge in [0.1, 0.15) is 5.65 Å². The van der Waals surface area contributed by atoms with E-state index in [1.54, 1.807) is 29.9 Å². The number of hydrogen-bond acceptors (Lipinski definition) is 4. The maximum atomic E-state index is 11.8. The molecule has 1 N–H and O–H groups in total. The molecule has 0 unspecified atom stereocenters. The van der Waals surface area contributed by atoms with Crippen molar-refractivity contribution in [3.8, 4) is 0 Å². The third kappa shape index (κ3) is 3.71. The minimum absolute atomic E-state index is 0.0460. The summed E-state index contributed by atoms with van der Waals surface area (Å²) in [4.78, 5) is 20.7. The van der Waals surface area contributed by atoms with Crippen LogP contribution < -0.4 is 10.9 Å². The Balaban J connectivity index is 1.76. The second-order valence-corrected chi connectivity index (χ2v) is 7.49. The molecule has 0 spiro atoms. The molecule has 2 aromatic rings. The predicted octanol–water partition coefficient (Wildman–Crippen LogP) is 3.49. The van der Waals surface area contributed by atoms with Gasteiger partial charge in [-0.25, -0.2) is 4.98 Å². The number of rotatable bonds is 2. The minimum atomic E-state index is -0.0460. The van der Waals surface area contributed by atoms with Gasteiger partial charge in [-0.1, -0.05) is 26.7 Å². The maximum Gasteiger partial charge on any atom is 0.251 e. The standard InChI is InChI=1S/C18H26N4O/c1-18(2)10-4-6-14(7-5-11-18)20-17-19-12-13-8-9-15(23)22(3)16(13)21-17/h8-9,12,14H,4-7,10-11H2,1-3H3,(H,19,20,21). The second kappa shape index (κ2) is 6.30. The number of anilines is 1. The van der Waals surface area contributed by atoms with Gasteiger partial charge in [0.25, 0.3) is 5.56 Å². The van der Waals surface area contributed by atoms with Gasteiger partial charge in [0, 0.05) is 30.7 Å². The van der Waals surface area contributed by atoms with E-state index in [2.05, 4.69) is 29.1 Å². The largest absolute Gasteiger partial charge is 0.351 e. The van der Waals surface area contributed by atoms with Crippen molar-refractivity contribution in [2.45, 2.75) is 58.4 Å². The molecule has 0 aromatic carbocycles. The lowest BCUT2D eigenvalue weighted by Crippen LogP contribution is -2.25. The Morgan fingerprint density at radius 1 is 1.22 bits per heavy atom. The predicted molar refractivity (Wildman–Crippen MR) is 93.7 cm³/mol. The van der Waals surface area contributed by atoms with Crippen molar-refractivity contribution < 1.29 is 0 Å². The molecule has 0 radical (unpaired) electrons. The number of fused-ring (bicyclic) bond motifs is 1. The summed E-state index contributed by atoms with van der Waals surface area (Å²) in [5.41, 5.74) is 1.11. The summed E-state index contributed by atoms with van der Waals surface area (Å²) in [6, 6.07) is 3.75. The van der Waals surface area contributed by atoms with Crippen LogP contribution in [-0.2, 0) is 7.05 Å². The van der Waals surface area contributed by atoms with E-state index in [1.165, 1.54) is 25.7 Å². The molecule has 2 heterocycles. The minimum Gasteiger partial charge on any atom is -0.351 e. The van der Waals surface area contributed by atoms with Crippen LogP contribution in [0.15, 0.2) is 23.1 Å². The third-order valence-corrected chi connectivity index (χ3v) is 5.00. The molecule has 0 bridgehead atoms. The fourth-order valence-corrected chi connectivity index (χ4v) is 3.47. The number of hydrogen-bond donors (Lipinski definition) is 1. The van der Waals surface area contributed by atoms with Gasteiger partial charge < -0.3 is 5.32 Å². The molecule has 1 saturated carbocycles. The van der Waals surface area contributed by atoms with Crippen molar-refractivity contribution >= 4 is 17.0 Å². The molecule has 0 saturated heterocycles. The van der Waals surface area contributed by atoms with Crippen molar-refractivity contribution in [1.82, 2.24) is 14.5 Å². The number of nitrogens with zero attached hydrogens (tertiary/aromatic N) is 3. The molecule has 1 aliphatic carbocycles. The van der Waals surface area contributed by atoms with E-state index in [9.17, 15) is 4.79 Å². The molecule has 1 aliphatic rings. The van der Waals surface area contributed by atoms with E-state index in [4.69, 9.17) is 0 Å². The smallest absolute Gasteiger partial charge is 0.251 e. The van der Waals surface area contributed by atoms with Crippen LogP contribution in [0.25, 0.3) is 11.0 Å². The monoisotopic (exact) mass is 314 g/mol. The lowest BCUT2D eigenvalue weighted by molar-refractivity contribution is 0.260. The Kier molecular flexibility index (Phi) is 4.37. The van der Waals surface area contributed by atoms with Crippen LogP contribution in [0.3, 0.4) is 0 Å². The van der Waals surface area contributed by atoms with E-state index in [0.29, 0.717) is 23.1 Å². The van der Waals surface area contributed by atoms with Crippen molar-refractivity contribution in [2.75, 3.05) is 5.32 Å². The average Bonchev–Trinajstić information content (AvgIpc) is 2.49. The zero-order valence-corrected chi connectivity index (χ0v) is 14.3. The van der Waals surface area contributed by atoms with Crippen LogP contribution in [0.4, 0.5) is 5.95 Å².